The van der Waals surface area contributed by atoms with Crippen molar-refractivity contribution in [2.75, 3.05) is 38.7 Å². The molecule has 20 heavy (non-hydrogen) atoms. The summed E-state index contributed by atoms with van der Waals surface area (Å²) in [6.45, 7) is 2.43. The maximum atomic E-state index is 12.4. The lowest BCUT2D eigenvalue weighted by Crippen LogP contribution is -2.50. The van der Waals surface area contributed by atoms with E-state index in [0.717, 1.165) is 31.0 Å². The Kier molecular flexibility index (Phi) is 6.19. The van der Waals surface area contributed by atoms with Crippen LogP contribution in [0.5, 0.6) is 0 Å². The average molecular weight is 313 g/mol. The van der Waals surface area contributed by atoms with Gasteiger partial charge in [0, 0.05) is 23.7 Å². The summed E-state index contributed by atoms with van der Waals surface area (Å²) < 4.78 is 0. The number of carbonyl (C=O) groups excluding carboxylic acids is 1. The molecule has 6 heteroatoms. The van der Waals surface area contributed by atoms with E-state index in [-0.39, 0.29) is 6.03 Å². The van der Waals surface area contributed by atoms with E-state index < -0.39 is 0 Å². The smallest absolute Gasteiger partial charge is 0.318 e. The highest BCUT2D eigenvalue weighted by molar-refractivity contribution is 7.99. The molecule has 1 aliphatic heterocycles. The second-order valence-corrected chi connectivity index (χ2v) is 7.46. The molecule has 112 valence electrons. The van der Waals surface area contributed by atoms with Gasteiger partial charge in [-0.25, -0.2) is 4.79 Å². The third-order valence-electron chi connectivity index (χ3n) is 3.27. The number of hydrogen-bond acceptors (Lipinski definition) is 4. The molecule has 2 amide bonds. The van der Waals surface area contributed by atoms with E-state index in [0.29, 0.717) is 12.6 Å². The quantitative estimate of drug-likeness (QED) is 0.927. The highest BCUT2D eigenvalue weighted by Gasteiger charge is 2.25. The van der Waals surface area contributed by atoms with Crippen molar-refractivity contribution in [3.63, 3.8) is 0 Å². The van der Waals surface area contributed by atoms with E-state index in [9.17, 15) is 4.79 Å². The van der Waals surface area contributed by atoms with Crippen molar-refractivity contribution < 1.29 is 4.79 Å². The van der Waals surface area contributed by atoms with E-state index in [1.165, 1.54) is 4.88 Å². The zero-order chi connectivity index (χ0) is 14.4. The van der Waals surface area contributed by atoms with Gasteiger partial charge in [0.2, 0.25) is 0 Å². The topological polar surface area (TPSA) is 35.6 Å². The first-order valence-corrected chi connectivity index (χ1v) is 8.99. The number of urea groups is 1. The number of rotatable bonds is 4. The first-order chi connectivity index (χ1) is 9.66. The Balaban J connectivity index is 1.92. The highest BCUT2D eigenvalue weighted by Crippen LogP contribution is 2.17. The van der Waals surface area contributed by atoms with Crippen LogP contribution in [0.15, 0.2) is 17.5 Å². The monoisotopic (exact) mass is 313 g/mol. The van der Waals surface area contributed by atoms with Gasteiger partial charge in [0.15, 0.2) is 0 Å². The molecule has 0 radical (unpaired) electrons. The largest absolute Gasteiger partial charge is 0.333 e. The van der Waals surface area contributed by atoms with Gasteiger partial charge in [0.05, 0.1) is 12.6 Å². The van der Waals surface area contributed by atoms with Crippen LogP contribution in [0.25, 0.3) is 0 Å². The summed E-state index contributed by atoms with van der Waals surface area (Å²) in [4.78, 5) is 17.8. The van der Waals surface area contributed by atoms with Crippen LogP contribution >= 0.6 is 23.1 Å². The molecule has 2 rings (SSSR count). The number of thioether (sulfide) groups is 1. The lowest BCUT2D eigenvalue weighted by Gasteiger charge is -2.31. The van der Waals surface area contributed by atoms with Gasteiger partial charge in [0.25, 0.3) is 0 Å². The summed E-state index contributed by atoms with van der Waals surface area (Å²) in [7, 11) is 4.13. The van der Waals surface area contributed by atoms with Crippen LogP contribution < -0.4 is 5.32 Å². The van der Waals surface area contributed by atoms with Crippen molar-refractivity contribution in [1.82, 2.24) is 15.1 Å². The molecule has 4 nitrogen and oxygen atoms in total. The van der Waals surface area contributed by atoms with Gasteiger partial charge in [-0.05, 0) is 37.7 Å². The molecule has 1 atom stereocenters. The number of likely N-dealkylation sites (N-methyl/N-ethyl adjacent to an activating group) is 1. The second kappa shape index (κ2) is 7.90. The third-order valence-corrected chi connectivity index (χ3v) is 5.34. The molecule has 0 aromatic carbocycles. The molecule has 1 aromatic rings. The van der Waals surface area contributed by atoms with Crippen molar-refractivity contribution >= 4 is 29.1 Å². The van der Waals surface area contributed by atoms with Gasteiger partial charge < -0.3 is 15.1 Å². The van der Waals surface area contributed by atoms with Crippen LogP contribution in [-0.4, -0.2) is 60.6 Å². The minimum absolute atomic E-state index is 0.0766. The molecule has 1 unspecified atom stereocenters. The Morgan fingerprint density at radius 3 is 3.10 bits per heavy atom. The van der Waals surface area contributed by atoms with Crippen LogP contribution in [0.2, 0.25) is 0 Å². The van der Waals surface area contributed by atoms with Crippen molar-refractivity contribution in [1.29, 1.82) is 0 Å². The predicted molar refractivity (Wildman–Crippen MR) is 87.5 cm³/mol. The molecule has 1 aliphatic rings. The standard InChI is InChI=1S/C14H23N3OS2/c1-16(2)10-12-11-19-7-4-6-17(12)14(18)15-9-13-5-3-8-20-13/h3,5,8,12H,4,6-7,9-11H2,1-2H3,(H,15,18). The van der Waals surface area contributed by atoms with E-state index in [4.69, 9.17) is 0 Å². The zero-order valence-electron chi connectivity index (χ0n) is 12.2. The van der Waals surface area contributed by atoms with Crippen molar-refractivity contribution in [3.8, 4) is 0 Å². The Labute approximate surface area is 129 Å². The van der Waals surface area contributed by atoms with Crippen LogP contribution in [0.1, 0.15) is 11.3 Å². The SMILES string of the molecule is CN(C)CC1CSCCCN1C(=O)NCc1cccs1. The third kappa shape index (κ3) is 4.68. The molecular weight excluding hydrogens is 290 g/mol. The molecule has 0 saturated carbocycles. The number of amides is 2. The summed E-state index contributed by atoms with van der Waals surface area (Å²) in [5, 5.41) is 5.10. The summed E-state index contributed by atoms with van der Waals surface area (Å²) in [6, 6.07) is 4.46. The predicted octanol–water partition coefficient (Wildman–Crippen LogP) is 2.33. The number of hydrogen-bond donors (Lipinski definition) is 1. The Morgan fingerprint density at radius 1 is 1.55 bits per heavy atom. The van der Waals surface area contributed by atoms with Crippen molar-refractivity contribution in [3.05, 3.63) is 22.4 Å². The first-order valence-electron chi connectivity index (χ1n) is 6.96. The zero-order valence-corrected chi connectivity index (χ0v) is 13.8. The van der Waals surface area contributed by atoms with Gasteiger partial charge >= 0.3 is 6.03 Å². The van der Waals surface area contributed by atoms with Crippen LogP contribution in [0.4, 0.5) is 4.79 Å². The maximum absolute atomic E-state index is 12.4. The van der Waals surface area contributed by atoms with E-state index in [2.05, 4.69) is 30.4 Å². The number of nitrogens with zero attached hydrogens (tertiary/aromatic N) is 2. The molecular formula is C14H23N3OS2. The Bertz CT molecular complexity index is 409. The van der Waals surface area contributed by atoms with Crippen molar-refractivity contribution in [2.45, 2.75) is 19.0 Å². The normalized spacial score (nSPS) is 19.9. The van der Waals surface area contributed by atoms with Gasteiger partial charge in [-0.2, -0.15) is 11.8 Å². The summed E-state index contributed by atoms with van der Waals surface area (Å²) in [5.74, 6) is 2.18. The highest BCUT2D eigenvalue weighted by atomic mass is 32.2. The molecule has 1 saturated heterocycles. The van der Waals surface area contributed by atoms with Crippen LogP contribution in [0, 0.1) is 0 Å². The molecule has 1 N–H and O–H groups in total. The van der Waals surface area contributed by atoms with Gasteiger partial charge in [-0.3, -0.25) is 0 Å². The number of carbonyl (C=O) groups is 1. The molecule has 2 heterocycles. The van der Waals surface area contributed by atoms with Crippen LogP contribution in [-0.2, 0) is 6.54 Å². The Hall–Kier alpha value is -0.720. The van der Waals surface area contributed by atoms with Crippen LogP contribution in [0.3, 0.4) is 0 Å². The molecule has 1 aromatic heterocycles. The minimum atomic E-state index is 0.0766. The minimum Gasteiger partial charge on any atom is -0.333 e. The fraction of sp³-hybridized carbons (Fsp3) is 0.643. The first kappa shape index (κ1) is 15.7. The van der Waals surface area contributed by atoms with E-state index in [1.54, 1.807) is 11.3 Å². The van der Waals surface area contributed by atoms with Gasteiger partial charge in [-0.1, -0.05) is 6.07 Å². The summed E-state index contributed by atoms with van der Waals surface area (Å²) >= 11 is 3.64. The fourth-order valence-corrected chi connectivity index (χ4v) is 4.05. The lowest BCUT2D eigenvalue weighted by atomic mass is 10.2. The fourth-order valence-electron chi connectivity index (χ4n) is 2.35. The number of thiophene rings is 1. The van der Waals surface area contributed by atoms with Gasteiger partial charge in [0.1, 0.15) is 0 Å². The molecule has 0 spiro atoms. The molecule has 0 aliphatic carbocycles. The van der Waals surface area contributed by atoms with Crippen molar-refractivity contribution in [2.24, 2.45) is 0 Å². The second-order valence-electron chi connectivity index (χ2n) is 5.28. The van der Waals surface area contributed by atoms with E-state index >= 15 is 0 Å². The summed E-state index contributed by atoms with van der Waals surface area (Å²) in [6.07, 6.45) is 1.08. The molecule has 0 bridgehead atoms. The lowest BCUT2D eigenvalue weighted by molar-refractivity contribution is 0.168. The number of nitrogens with one attached hydrogen (secondary N) is 1. The summed E-state index contributed by atoms with van der Waals surface area (Å²) in [5.41, 5.74) is 0. The van der Waals surface area contributed by atoms with Gasteiger partial charge in [-0.15, -0.1) is 11.3 Å². The van der Waals surface area contributed by atoms with E-state index in [1.807, 2.05) is 28.1 Å². The Morgan fingerprint density at radius 2 is 2.40 bits per heavy atom. The maximum Gasteiger partial charge on any atom is 0.318 e. The molecule has 1 fully saturated rings. The average Bonchev–Trinajstić information content (AvgIpc) is 2.82.